The largest absolute Gasteiger partial charge is 0.204 e. The molecule has 2 nitrogen and oxygen atoms in total. The Morgan fingerprint density at radius 3 is 2.07 bits per heavy atom. The van der Waals surface area contributed by atoms with Gasteiger partial charge in [-0.2, -0.15) is 10.5 Å². The van der Waals surface area contributed by atoms with Crippen LogP contribution in [0, 0.1) is 46.1 Å². The van der Waals surface area contributed by atoms with E-state index >= 15 is 0 Å². The second-order valence-electron chi connectivity index (χ2n) is 2.29. The minimum Gasteiger partial charge on any atom is -0.204 e. The maximum Gasteiger partial charge on any atom is 0.160 e. The highest BCUT2D eigenvalue weighted by molar-refractivity contribution is 5.49. The maximum absolute atomic E-state index is 12.7. The summed E-state index contributed by atoms with van der Waals surface area (Å²) in [5.41, 5.74) is -0.0837. The van der Waals surface area contributed by atoms with E-state index in [2.05, 4.69) is 5.92 Å². The molecule has 1 aromatic carbocycles. The Balaban J connectivity index is 3.38. The summed E-state index contributed by atoms with van der Waals surface area (Å²) in [4.78, 5) is 0. The van der Waals surface area contributed by atoms with E-state index in [0.29, 0.717) is 0 Å². The lowest BCUT2D eigenvalue weighted by Gasteiger charge is -1.96. The van der Waals surface area contributed by atoms with Crippen molar-refractivity contribution in [2.24, 2.45) is 0 Å². The molecular weight excluding hydrogens is 186 g/mol. The molecule has 0 heterocycles. The van der Waals surface area contributed by atoms with Crippen LogP contribution in [0.15, 0.2) is 12.1 Å². The average molecular weight is 188 g/mol. The molecule has 0 aliphatic carbocycles. The second kappa shape index (κ2) is 4.03. The molecule has 0 aliphatic rings. The van der Waals surface area contributed by atoms with Crippen LogP contribution in [0.4, 0.5) is 8.78 Å². The van der Waals surface area contributed by atoms with Gasteiger partial charge < -0.3 is 0 Å². The van der Waals surface area contributed by atoms with Crippen molar-refractivity contribution in [3.05, 3.63) is 34.9 Å². The van der Waals surface area contributed by atoms with Crippen molar-refractivity contribution in [3.8, 4) is 24.0 Å². The molecule has 0 aliphatic heterocycles. The highest BCUT2D eigenvalue weighted by Crippen LogP contribution is 2.13. The van der Waals surface area contributed by atoms with Crippen LogP contribution in [-0.4, -0.2) is 0 Å². The Kier molecular flexibility index (Phi) is 2.79. The van der Waals surface area contributed by atoms with Crippen LogP contribution >= 0.6 is 0 Å². The van der Waals surface area contributed by atoms with Crippen LogP contribution < -0.4 is 0 Å². The number of rotatable bonds is 0. The van der Waals surface area contributed by atoms with E-state index in [-0.39, 0.29) is 11.1 Å². The molecule has 0 N–H and O–H groups in total. The number of halogens is 2. The van der Waals surface area contributed by atoms with Gasteiger partial charge in [0.15, 0.2) is 17.7 Å². The minimum absolute atomic E-state index is 0.00736. The zero-order valence-electron chi connectivity index (χ0n) is 6.81. The molecule has 0 atom stereocenters. The zero-order valence-corrected chi connectivity index (χ0v) is 6.81. The summed E-state index contributed by atoms with van der Waals surface area (Å²) in [7, 11) is 0. The van der Waals surface area contributed by atoms with Gasteiger partial charge in [-0.1, -0.05) is 0 Å². The molecule has 14 heavy (non-hydrogen) atoms. The summed E-state index contributed by atoms with van der Waals surface area (Å²) in [5.74, 6) is 2.04. The SMILES string of the molecule is N#CC#Cc1cc(F)c(F)cc1C#N. The Bertz CT molecular complexity index is 510. The van der Waals surface area contributed by atoms with Gasteiger partial charge in [0, 0.05) is 11.5 Å². The van der Waals surface area contributed by atoms with E-state index in [0.717, 1.165) is 12.1 Å². The lowest BCUT2D eigenvalue weighted by atomic mass is 10.1. The van der Waals surface area contributed by atoms with Crippen molar-refractivity contribution in [1.82, 2.24) is 0 Å². The van der Waals surface area contributed by atoms with Crippen molar-refractivity contribution in [1.29, 1.82) is 10.5 Å². The first-order chi connectivity index (χ1) is 6.69. The number of hydrogen-bond acceptors (Lipinski definition) is 2. The average Bonchev–Trinajstić information content (AvgIpc) is 2.19. The highest BCUT2D eigenvalue weighted by atomic mass is 19.2. The number of nitrogens with zero attached hydrogens (tertiary/aromatic N) is 2. The summed E-state index contributed by atoms with van der Waals surface area (Å²) in [6.07, 6.45) is 0. The molecule has 66 valence electrons. The first-order valence-corrected chi connectivity index (χ1v) is 3.48. The van der Waals surface area contributed by atoms with E-state index < -0.39 is 11.6 Å². The van der Waals surface area contributed by atoms with E-state index in [1.807, 2.05) is 5.92 Å². The molecule has 0 saturated carbocycles. The van der Waals surface area contributed by atoms with Gasteiger partial charge in [0.05, 0.1) is 5.56 Å². The Hall–Kier alpha value is -2.38. The van der Waals surface area contributed by atoms with Crippen molar-refractivity contribution in [2.75, 3.05) is 0 Å². The van der Waals surface area contributed by atoms with Crippen molar-refractivity contribution >= 4 is 0 Å². The van der Waals surface area contributed by atoms with Crippen LogP contribution in [0.2, 0.25) is 0 Å². The van der Waals surface area contributed by atoms with Gasteiger partial charge >= 0.3 is 0 Å². The lowest BCUT2D eigenvalue weighted by molar-refractivity contribution is 0.508. The molecule has 0 bridgehead atoms. The van der Waals surface area contributed by atoms with Crippen molar-refractivity contribution in [3.63, 3.8) is 0 Å². The molecule has 0 saturated heterocycles. The van der Waals surface area contributed by atoms with Gasteiger partial charge in [-0.05, 0) is 18.1 Å². The topological polar surface area (TPSA) is 47.6 Å². The lowest BCUT2D eigenvalue weighted by Crippen LogP contribution is -1.90. The molecule has 0 aromatic heterocycles. The third kappa shape index (κ3) is 1.86. The number of benzene rings is 1. The van der Waals surface area contributed by atoms with Gasteiger partial charge in [-0.25, -0.2) is 8.78 Å². The summed E-state index contributed by atoms with van der Waals surface area (Å²) in [6, 6.07) is 4.71. The number of nitriles is 2. The molecular formula is C10H2F2N2. The first-order valence-electron chi connectivity index (χ1n) is 3.48. The Morgan fingerprint density at radius 2 is 1.57 bits per heavy atom. The fourth-order valence-corrected chi connectivity index (χ4v) is 0.838. The summed E-state index contributed by atoms with van der Waals surface area (Å²) < 4.78 is 25.3. The van der Waals surface area contributed by atoms with E-state index in [9.17, 15) is 8.78 Å². The smallest absolute Gasteiger partial charge is 0.160 e. The van der Waals surface area contributed by atoms with Crippen LogP contribution in [0.25, 0.3) is 0 Å². The molecule has 0 amide bonds. The molecule has 0 spiro atoms. The third-order valence-electron chi connectivity index (χ3n) is 1.43. The maximum atomic E-state index is 12.7. The first kappa shape index (κ1) is 9.71. The third-order valence-corrected chi connectivity index (χ3v) is 1.43. The van der Waals surface area contributed by atoms with Crippen LogP contribution in [0.5, 0.6) is 0 Å². The normalized spacial score (nSPS) is 8.00. The summed E-state index contributed by atoms with van der Waals surface area (Å²) in [6.45, 7) is 0. The highest BCUT2D eigenvalue weighted by Gasteiger charge is 2.07. The molecule has 0 fully saturated rings. The fourth-order valence-electron chi connectivity index (χ4n) is 0.838. The summed E-state index contributed by atoms with van der Waals surface area (Å²) in [5, 5.41) is 16.7. The van der Waals surface area contributed by atoms with Gasteiger partial charge in [0.25, 0.3) is 0 Å². The minimum atomic E-state index is -1.11. The van der Waals surface area contributed by atoms with E-state index in [4.69, 9.17) is 10.5 Å². The molecule has 0 radical (unpaired) electrons. The Morgan fingerprint density at radius 1 is 1.00 bits per heavy atom. The Labute approximate surface area is 79.0 Å². The molecule has 1 aromatic rings. The van der Waals surface area contributed by atoms with Gasteiger partial charge in [0.2, 0.25) is 0 Å². The van der Waals surface area contributed by atoms with Gasteiger partial charge in [0.1, 0.15) is 6.07 Å². The van der Waals surface area contributed by atoms with E-state index in [1.165, 1.54) is 6.07 Å². The van der Waals surface area contributed by atoms with Gasteiger partial charge in [-0.3, -0.25) is 0 Å². The standard InChI is InChI=1S/C10H2F2N2/c11-9-4-7(2-1-3-13)8(6-14)5-10(9)12/h4-5H. The predicted octanol–water partition coefficient (Wildman–Crippen LogP) is 1.71. The zero-order chi connectivity index (χ0) is 10.6. The fraction of sp³-hybridized carbons (Fsp3) is 0. The van der Waals surface area contributed by atoms with Crippen molar-refractivity contribution in [2.45, 2.75) is 0 Å². The molecule has 1 rings (SSSR count). The second-order valence-corrected chi connectivity index (χ2v) is 2.29. The van der Waals surface area contributed by atoms with Gasteiger partial charge in [-0.15, -0.1) is 0 Å². The molecule has 4 heteroatoms. The quantitative estimate of drug-likeness (QED) is 0.582. The van der Waals surface area contributed by atoms with Crippen molar-refractivity contribution < 1.29 is 8.78 Å². The summed E-state index contributed by atoms with van der Waals surface area (Å²) >= 11 is 0. The van der Waals surface area contributed by atoms with Crippen LogP contribution in [0.1, 0.15) is 11.1 Å². The monoisotopic (exact) mass is 188 g/mol. The molecule has 0 unspecified atom stereocenters. The number of hydrogen-bond donors (Lipinski definition) is 0. The van der Waals surface area contributed by atoms with E-state index in [1.54, 1.807) is 6.07 Å². The van der Waals surface area contributed by atoms with Crippen LogP contribution in [-0.2, 0) is 0 Å². The predicted molar refractivity (Wildman–Crippen MR) is 43.6 cm³/mol. The van der Waals surface area contributed by atoms with Crippen LogP contribution in [0.3, 0.4) is 0 Å².